The molecular weight excluding hydrogens is 372 g/mol. The molecule has 0 bridgehead atoms. The summed E-state index contributed by atoms with van der Waals surface area (Å²) < 4.78 is 6.76. The molecule has 5 atom stereocenters. The zero-order valence-corrected chi connectivity index (χ0v) is 18.3. The summed E-state index contributed by atoms with van der Waals surface area (Å²) in [7, 11) is 0. The van der Waals surface area contributed by atoms with E-state index in [1.165, 1.54) is 68.9 Å². The first-order valence-corrected chi connectivity index (χ1v) is 12.4. The molecule has 3 saturated carbocycles. The van der Waals surface area contributed by atoms with E-state index in [4.69, 9.17) is 9.73 Å². The number of aryl methyl sites for hydroxylation is 1. The zero-order chi connectivity index (χ0) is 20.3. The quantitative estimate of drug-likeness (QED) is 0.663. The van der Waals surface area contributed by atoms with Crippen molar-refractivity contribution < 1.29 is 9.84 Å². The van der Waals surface area contributed by atoms with E-state index in [0.717, 1.165) is 37.2 Å². The van der Waals surface area contributed by atoms with Crippen LogP contribution >= 0.6 is 0 Å². The smallest absolute Gasteiger partial charge is 0.285 e. The Labute approximate surface area is 180 Å². The molecular formula is C26H36N2O2. The first-order valence-electron chi connectivity index (χ1n) is 12.4. The molecule has 3 fully saturated rings. The molecule has 1 aromatic carbocycles. The lowest BCUT2D eigenvalue weighted by molar-refractivity contribution is -0.0774. The Bertz CT molecular complexity index is 861. The number of hydrogen-bond acceptors (Lipinski definition) is 4. The average molecular weight is 409 g/mol. The molecule has 0 saturated heterocycles. The van der Waals surface area contributed by atoms with E-state index in [2.05, 4.69) is 18.3 Å². The Morgan fingerprint density at radius 1 is 1.07 bits per heavy atom. The fourth-order valence-electron chi connectivity index (χ4n) is 8.03. The average Bonchev–Trinajstić information content (AvgIpc) is 3.30. The number of ether oxygens (including phenoxy) is 1. The minimum absolute atomic E-state index is 0.0884. The van der Waals surface area contributed by atoms with Crippen molar-refractivity contribution in [2.45, 2.75) is 95.1 Å². The van der Waals surface area contributed by atoms with Gasteiger partial charge in [0, 0.05) is 11.5 Å². The first kappa shape index (κ1) is 19.0. The van der Waals surface area contributed by atoms with Gasteiger partial charge in [-0.15, -0.1) is 0 Å². The maximum absolute atomic E-state index is 9.92. The maximum Gasteiger partial charge on any atom is 0.285 e. The SMILES string of the molecule is C[C@]12CC[C@@H]3c4ccc(O)cc4CC[C@H]3[C@@H]1CC[C@@]21CN=C(NC2CCCCC2)O1. The highest BCUT2D eigenvalue weighted by molar-refractivity contribution is 5.76. The van der Waals surface area contributed by atoms with Gasteiger partial charge in [0.05, 0.1) is 6.54 Å². The highest BCUT2D eigenvalue weighted by atomic mass is 16.5. The van der Waals surface area contributed by atoms with Crippen LogP contribution < -0.4 is 5.32 Å². The normalized spacial score (nSPS) is 40.3. The molecule has 1 spiro atoms. The molecule has 1 aromatic rings. The van der Waals surface area contributed by atoms with Gasteiger partial charge in [0.25, 0.3) is 6.02 Å². The van der Waals surface area contributed by atoms with Crippen molar-refractivity contribution in [1.29, 1.82) is 0 Å². The highest BCUT2D eigenvalue weighted by Crippen LogP contribution is 2.66. The molecule has 4 heteroatoms. The Balaban J connectivity index is 1.21. The number of fused-ring (bicyclic) bond motifs is 6. The molecule has 0 unspecified atom stereocenters. The summed E-state index contributed by atoms with van der Waals surface area (Å²) in [6.45, 7) is 3.36. The predicted molar refractivity (Wildman–Crippen MR) is 119 cm³/mol. The van der Waals surface area contributed by atoms with Gasteiger partial charge < -0.3 is 15.2 Å². The van der Waals surface area contributed by atoms with E-state index in [1.807, 2.05) is 12.1 Å². The number of rotatable bonds is 1. The summed E-state index contributed by atoms with van der Waals surface area (Å²) in [4.78, 5) is 4.91. The van der Waals surface area contributed by atoms with Crippen molar-refractivity contribution >= 4 is 6.02 Å². The molecule has 5 aliphatic rings. The zero-order valence-electron chi connectivity index (χ0n) is 18.3. The summed E-state index contributed by atoms with van der Waals surface area (Å²) in [6, 6.07) is 7.50. The Morgan fingerprint density at radius 2 is 1.93 bits per heavy atom. The summed E-state index contributed by atoms with van der Waals surface area (Å²) >= 11 is 0. The topological polar surface area (TPSA) is 53.9 Å². The number of aromatic hydroxyl groups is 1. The van der Waals surface area contributed by atoms with Crippen LogP contribution in [0.4, 0.5) is 0 Å². The van der Waals surface area contributed by atoms with Crippen LogP contribution in [-0.4, -0.2) is 29.3 Å². The molecule has 2 N–H and O–H groups in total. The van der Waals surface area contributed by atoms with Crippen LogP contribution in [0.15, 0.2) is 23.2 Å². The Kier molecular flexibility index (Phi) is 4.37. The van der Waals surface area contributed by atoms with Crippen molar-refractivity contribution in [2.24, 2.45) is 22.2 Å². The van der Waals surface area contributed by atoms with Crippen LogP contribution in [0.5, 0.6) is 5.75 Å². The second-order valence-electron chi connectivity index (χ2n) is 11.0. The number of benzene rings is 1. The van der Waals surface area contributed by atoms with E-state index < -0.39 is 0 Å². The van der Waals surface area contributed by atoms with Gasteiger partial charge in [-0.1, -0.05) is 32.3 Å². The first-order chi connectivity index (χ1) is 14.6. The fraction of sp³-hybridized carbons (Fsp3) is 0.731. The van der Waals surface area contributed by atoms with E-state index in [1.54, 1.807) is 0 Å². The number of nitrogens with zero attached hydrogens (tertiary/aromatic N) is 1. The van der Waals surface area contributed by atoms with Crippen molar-refractivity contribution in [3.8, 4) is 5.75 Å². The molecule has 0 aromatic heterocycles. The van der Waals surface area contributed by atoms with E-state index in [9.17, 15) is 5.11 Å². The van der Waals surface area contributed by atoms with Gasteiger partial charge in [-0.05, 0) is 92.4 Å². The van der Waals surface area contributed by atoms with Crippen LogP contribution in [-0.2, 0) is 11.2 Å². The Hall–Kier alpha value is -1.71. The molecule has 1 aliphatic heterocycles. The number of phenolic OH excluding ortho intramolecular Hbond substituents is 1. The van der Waals surface area contributed by atoms with E-state index >= 15 is 0 Å². The third-order valence-electron chi connectivity index (χ3n) is 9.70. The second kappa shape index (κ2) is 6.90. The van der Waals surface area contributed by atoms with Crippen molar-refractivity contribution in [1.82, 2.24) is 5.32 Å². The van der Waals surface area contributed by atoms with Crippen molar-refractivity contribution in [3.63, 3.8) is 0 Å². The third kappa shape index (κ3) is 2.74. The highest BCUT2D eigenvalue weighted by Gasteiger charge is 2.65. The van der Waals surface area contributed by atoms with Crippen molar-refractivity contribution in [2.75, 3.05) is 6.54 Å². The summed E-state index contributed by atoms with van der Waals surface area (Å²) in [6.07, 6.45) is 13.8. The van der Waals surface area contributed by atoms with Gasteiger partial charge in [0.2, 0.25) is 0 Å². The molecule has 4 aliphatic carbocycles. The fourth-order valence-corrected chi connectivity index (χ4v) is 8.03. The van der Waals surface area contributed by atoms with Gasteiger partial charge in [-0.25, -0.2) is 4.99 Å². The van der Waals surface area contributed by atoms with Crippen LogP contribution in [0.2, 0.25) is 0 Å². The second-order valence-corrected chi connectivity index (χ2v) is 11.0. The minimum Gasteiger partial charge on any atom is -0.508 e. The van der Waals surface area contributed by atoms with Crippen LogP contribution in [0.25, 0.3) is 0 Å². The number of amidine groups is 1. The van der Waals surface area contributed by atoms with Gasteiger partial charge in [-0.3, -0.25) is 0 Å². The summed E-state index contributed by atoms with van der Waals surface area (Å²) in [5, 5.41) is 13.6. The maximum atomic E-state index is 9.92. The largest absolute Gasteiger partial charge is 0.508 e. The van der Waals surface area contributed by atoms with Crippen LogP contribution in [0.3, 0.4) is 0 Å². The van der Waals surface area contributed by atoms with Gasteiger partial charge >= 0.3 is 0 Å². The number of hydrogen-bond donors (Lipinski definition) is 2. The monoisotopic (exact) mass is 408 g/mol. The predicted octanol–water partition coefficient (Wildman–Crippen LogP) is 5.30. The number of aliphatic imine (C=N–C) groups is 1. The number of nitrogens with one attached hydrogen (secondary N) is 1. The van der Waals surface area contributed by atoms with E-state index in [0.29, 0.717) is 17.7 Å². The summed E-state index contributed by atoms with van der Waals surface area (Å²) in [5.74, 6) is 2.55. The molecule has 4 nitrogen and oxygen atoms in total. The Morgan fingerprint density at radius 3 is 2.80 bits per heavy atom. The lowest BCUT2D eigenvalue weighted by atomic mass is 9.53. The van der Waals surface area contributed by atoms with Crippen LogP contribution in [0, 0.1) is 17.3 Å². The van der Waals surface area contributed by atoms with Crippen molar-refractivity contribution in [3.05, 3.63) is 29.3 Å². The standard InChI is InChI=1S/C26H36N2O2/c1-25-13-11-21-20-10-8-19(29)15-17(20)7-9-22(21)23(25)12-14-26(25)16-27-24(30-26)28-18-5-3-2-4-6-18/h8,10,15,18,21-23,29H,2-7,9,11-14,16H2,1H3,(H,27,28)/t21-,22-,23+,25+,26-/m1/s1. The lowest BCUT2D eigenvalue weighted by Crippen LogP contribution is -2.53. The molecule has 1 heterocycles. The third-order valence-corrected chi connectivity index (χ3v) is 9.70. The molecule has 0 amide bonds. The van der Waals surface area contributed by atoms with Gasteiger partial charge in [0.1, 0.15) is 11.4 Å². The number of phenols is 1. The molecule has 162 valence electrons. The molecule has 6 rings (SSSR count). The van der Waals surface area contributed by atoms with Crippen LogP contribution in [0.1, 0.15) is 88.2 Å². The minimum atomic E-state index is -0.0884. The summed E-state index contributed by atoms with van der Waals surface area (Å²) in [5.41, 5.74) is 3.03. The van der Waals surface area contributed by atoms with E-state index in [-0.39, 0.29) is 11.0 Å². The molecule has 30 heavy (non-hydrogen) atoms. The van der Waals surface area contributed by atoms with Gasteiger partial charge in [-0.2, -0.15) is 0 Å². The lowest BCUT2D eigenvalue weighted by Gasteiger charge is -2.53. The van der Waals surface area contributed by atoms with Gasteiger partial charge in [0.15, 0.2) is 0 Å². The molecule has 0 radical (unpaired) electrons.